The summed E-state index contributed by atoms with van der Waals surface area (Å²) in [6.45, 7) is 0.137. The molecule has 0 saturated carbocycles. The molecule has 1 aliphatic rings. The summed E-state index contributed by atoms with van der Waals surface area (Å²) in [4.78, 5) is 27.5. The van der Waals surface area contributed by atoms with Gasteiger partial charge in [0.15, 0.2) is 0 Å². The number of hydrogen-bond donors (Lipinski definition) is 0. The number of alkyl halides is 3. The molecular weight excluding hydrogens is 315 g/mol. The van der Waals surface area contributed by atoms with Crippen LogP contribution in [0.4, 0.5) is 13.2 Å². The number of carbonyl (C=O) groups excluding carboxylic acids is 2. The summed E-state index contributed by atoms with van der Waals surface area (Å²) in [6, 6.07) is 6.20. The average molecular weight is 325 g/mol. The molecule has 2 amide bonds. The topological polar surface area (TPSA) is 76.3 Å². The smallest absolute Gasteiger partial charge is 0.329 e. The molecule has 0 radical (unpaired) electrons. The molecule has 0 atom stereocenters. The first-order valence-electron chi connectivity index (χ1n) is 6.68. The fourth-order valence-electron chi connectivity index (χ4n) is 2.20. The van der Waals surface area contributed by atoms with E-state index in [1.165, 1.54) is 12.1 Å². The van der Waals surface area contributed by atoms with Crippen LogP contribution in [0.25, 0.3) is 11.4 Å². The maximum absolute atomic E-state index is 12.4. The summed E-state index contributed by atoms with van der Waals surface area (Å²) in [7, 11) is 0. The van der Waals surface area contributed by atoms with Gasteiger partial charge in [-0.1, -0.05) is 29.4 Å². The molecule has 0 aliphatic carbocycles. The zero-order chi connectivity index (χ0) is 16.6. The highest BCUT2D eigenvalue weighted by molar-refractivity contribution is 6.01. The molecule has 3 rings (SSSR count). The molecule has 0 unspecified atom stereocenters. The molecule has 2 heterocycles. The summed E-state index contributed by atoms with van der Waals surface area (Å²) in [5.74, 6) is -2.05. The normalized spacial score (nSPS) is 15.5. The van der Waals surface area contributed by atoms with E-state index in [0.717, 1.165) is 4.90 Å². The van der Waals surface area contributed by atoms with Gasteiger partial charge >= 0.3 is 12.1 Å². The highest BCUT2D eigenvalue weighted by atomic mass is 19.4. The molecule has 1 fully saturated rings. The Bertz CT molecular complexity index is 737. The van der Waals surface area contributed by atoms with Gasteiger partial charge in [0, 0.05) is 18.4 Å². The van der Waals surface area contributed by atoms with E-state index in [0.29, 0.717) is 11.1 Å². The maximum Gasteiger partial charge on any atom is 0.471 e. The van der Waals surface area contributed by atoms with Gasteiger partial charge in [-0.25, -0.2) is 0 Å². The second kappa shape index (κ2) is 5.49. The summed E-state index contributed by atoms with van der Waals surface area (Å²) in [5.41, 5.74) is 1.02. The predicted octanol–water partition coefficient (Wildman–Crippen LogP) is 2.40. The van der Waals surface area contributed by atoms with Crippen LogP contribution in [0.1, 0.15) is 24.3 Å². The van der Waals surface area contributed by atoms with E-state index in [1.54, 1.807) is 12.1 Å². The highest BCUT2D eigenvalue weighted by Crippen LogP contribution is 2.29. The SMILES string of the molecule is O=C1CCC(=O)N1Cc1ccc(-c2noc(C(F)(F)F)n2)cc1. The van der Waals surface area contributed by atoms with E-state index in [9.17, 15) is 22.8 Å². The molecule has 1 aromatic carbocycles. The number of rotatable bonds is 3. The lowest BCUT2D eigenvalue weighted by Crippen LogP contribution is -2.28. The number of likely N-dealkylation sites (tertiary alicyclic amines) is 1. The van der Waals surface area contributed by atoms with Gasteiger partial charge in [-0.3, -0.25) is 14.5 Å². The minimum Gasteiger partial charge on any atom is -0.329 e. The Morgan fingerprint density at radius 3 is 2.22 bits per heavy atom. The van der Waals surface area contributed by atoms with Crippen molar-refractivity contribution < 1.29 is 27.3 Å². The van der Waals surface area contributed by atoms with Gasteiger partial charge in [-0.05, 0) is 5.56 Å². The third-order valence-corrected chi connectivity index (χ3v) is 3.38. The molecule has 120 valence electrons. The van der Waals surface area contributed by atoms with E-state index < -0.39 is 12.1 Å². The Kier molecular flexibility index (Phi) is 3.63. The van der Waals surface area contributed by atoms with Crippen molar-refractivity contribution in [3.8, 4) is 11.4 Å². The fraction of sp³-hybridized carbons (Fsp3) is 0.286. The van der Waals surface area contributed by atoms with Gasteiger partial charge in [0.25, 0.3) is 0 Å². The Morgan fingerprint density at radius 1 is 1.09 bits per heavy atom. The van der Waals surface area contributed by atoms with Gasteiger partial charge in [0.2, 0.25) is 17.6 Å². The number of hydrogen-bond acceptors (Lipinski definition) is 5. The Balaban J connectivity index is 1.76. The van der Waals surface area contributed by atoms with E-state index in [2.05, 4.69) is 14.7 Å². The Hall–Kier alpha value is -2.71. The van der Waals surface area contributed by atoms with Crippen LogP contribution in [0.2, 0.25) is 0 Å². The van der Waals surface area contributed by atoms with Gasteiger partial charge in [0.05, 0.1) is 6.54 Å². The molecule has 1 aliphatic heterocycles. The van der Waals surface area contributed by atoms with Crippen molar-refractivity contribution in [3.63, 3.8) is 0 Å². The molecule has 9 heteroatoms. The minimum atomic E-state index is -4.69. The molecule has 0 bridgehead atoms. The van der Waals surface area contributed by atoms with Gasteiger partial charge in [-0.2, -0.15) is 18.2 Å². The second-order valence-electron chi connectivity index (χ2n) is 4.99. The van der Waals surface area contributed by atoms with Crippen LogP contribution in [0.15, 0.2) is 28.8 Å². The first-order valence-corrected chi connectivity index (χ1v) is 6.68. The summed E-state index contributed by atoms with van der Waals surface area (Å²) < 4.78 is 41.4. The molecule has 0 N–H and O–H groups in total. The number of imide groups is 1. The van der Waals surface area contributed by atoms with Crippen molar-refractivity contribution >= 4 is 11.8 Å². The van der Waals surface area contributed by atoms with Crippen molar-refractivity contribution in [2.75, 3.05) is 0 Å². The standard InChI is InChI=1S/C14H10F3N3O3/c15-14(16,17)13-18-12(19-23-13)9-3-1-8(2-4-9)7-20-10(21)5-6-11(20)22/h1-4H,5-7H2. The number of halogens is 3. The van der Waals surface area contributed by atoms with E-state index >= 15 is 0 Å². The lowest BCUT2D eigenvalue weighted by molar-refractivity contribution is -0.159. The summed E-state index contributed by atoms with van der Waals surface area (Å²) in [5, 5.41) is 3.29. The van der Waals surface area contributed by atoms with E-state index in [1.807, 2.05) is 0 Å². The summed E-state index contributed by atoms with van der Waals surface area (Å²) >= 11 is 0. The molecule has 23 heavy (non-hydrogen) atoms. The van der Waals surface area contributed by atoms with Crippen LogP contribution in [-0.2, 0) is 22.3 Å². The summed E-state index contributed by atoms with van der Waals surface area (Å²) in [6.07, 6.45) is -4.28. The predicted molar refractivity (Wildman–Crippen MR) is 69.5 cm³/mol. The number of aromatic nitrogens is 2. The van der Waals surface area contributed by atoms with Crippen LogP contribution in [0, 0.1) is 0 Å². The first-order chi connectivity index (χ1) is 10.8. The van der Waals surface area contributed by atoms with Crippen LogP contribution in [0.5, 0.6) is 0 Å². The fourth-order valence-corrected chi connectivity index (χ4v) is 2.20. The van der Waals surface area contributed by atoms with Crippen LogP contribution in [0.3, 0.4) is 0 Å². The van der Waals surface area contributed by atoms with Gasteiger partial charge in [0.1, 0.15) is 0 Å². The van der Waals surface area contributed by atoms with E-state index in [-0.39, 0.29) is 37.0 Å². The third-order valence-electron chi connectivity index (χ3n) is 3.38. The highest BCUT2D eigenvalue weighted by Gasteiger charge is 2.38. The average Bonchev–Trinajstić information content (AvgIpc) is 3.10. The largest absolute Gasteiger partial charge is 0.471 e. The second-order valence-corrected chi connectivity index (χ2v) is 4.99. The number of nitrogens with zero attached hydrogens (tertiary/aromatic N) is 3. The number of amides is 2. The first kappa shape index (κ1) is 15.2. The quantitative estimate of drug-likeness (QED) is 0.810. The van der Waals surface area contributed by atoms with Crippen molar-refractivity contribution in [1.82, 2.24) is 15.0 Å². The zero-order valence-corrected chi connectivity index (χ0v) is 11.6. The van der Waals surface area contributed by atoms with Crippen molar-refractivity contribution in [3.05, 3.63) is 35.7 Å². The van der Waals surface area contributed by atoms with E-state index in [4.69, 9.17) is 0 Å². The Morgan fingerprint density at radius 2 is 1.70 bits per heavy atom. The third kappa shape index (κ3) is 3.08. The molecule has 1 saturated heterocycles. The maximum atomic E-state index is 12.4. The molecule has 1 aromatic heterocycles. The number of carbonyl (C=O) groups is 2. The van der Waals surface area contributed by atoms with Crippen molar-refractivity contribution in [2.45, 2.75) is 25.6 Å². The lowest BCUT2D eigenvalue weighted by atomic mass is 10.1. The van der Waals surface area contributed by atoms with Crippen LogP contribution >= 0.6 is 0 Å². The van der Waals surface area contributed by atoms with Gasteiger partial charge in [-0.15, -0.1) is 0 Å². The molecular formula is C14H10F3N3O3. The van der Waals surface area contributed by atoms with Crippen molar-refractivity contribution in [1.29, 1.82) is 0 Å². The molecule has 0 spiro atoms. The van der Waals surface area contributed by atoms with Crippen LogP contribution in [-0.4, -0.2) is 26.9 Å². The number of benzene rings is 1. The molecule has 2 aromatic rings. The van der Waals surface area contributed by atoms with Crippen molar-refractivity contribution in [2.24, 2.45) is 0 Å². The van der Waals surface area contributed by atoms with Crippen LogP contribution < -0.4 is 0 Å². The zero-order valence-electron chi connectivity index (χ0n) is 11.6. The lowest BCUT2D eigenvalue weighted by Gasteiger charge is -2.13. The molecule has 6 nitrogen and oxygen atoms in total. The monoisotopic (exact) mass is 325 g/mol. The Labute approximate surface area is 127 Å². The van der Waals surface area contributed by atoms with Gasteiger partial charge < -0.3 is 4.52 Å². The minimum absolute atomic E-state index is 0.137.